The lowest BCUT2D eigenvalue weighted by Gasteiger charge is -2.05. The van der Waals surface area contributed by atoms with Crippen LogP contribution in [0, 0.1) is 0 Å². The molecule has 6 nitrogen and oxygen atoms in total. The van der Waals surface area contributed by atoms with Crippen LogP contribution >= 0.6 is 0 Å². The number of carbonyl (C=O) groups is 1. The molecule has 6 heteroatoms. The molecule has 0 aliphatic carbocycles. The minimum absolute atomic E-state index is 0.146. The van der Waals surface area contributed by atoms with Crippen LogP contribution in [0.15, 0.2) is 0 Å². The lowest BCUT2D eigenvalue weighted by Crippen LogP contribution is -2.05. The number of aryl methyl sites for hydroxylation is 1. The number of carboxylic acid groups (broad SMARTS) is 1. The second-order valence-electron chi connectivity index (χ2n) is 3.44. The fraction of sp³-hybridized carbons (Fsp3) is 0.500. The molecule has 0 radical (unpaired) electrons. The van der Waals surface area contributed by atoms with Crippen LogP contribution in [0.25, 0.3) is 0 Å². The third-order valence-electron chi connectivity index (χ3n) is 2.09. The predicted octanol–water partition coefficient (Wildman–Crippen LogP) is 0.857. The first-order chi connectivity index (χ1) is 7.54. The number of aromatic hydroxyl groups is 2. The zero-order valence-electron chi connectivity index (χ0n) is 8.97. The Kier molecular flexibility index (Phi) is 4.04. The Morgan fingerprint density at radius 3 is 2.25 bits per heavy atom. The molecule has 0 spiro atoms. The molecule has 88 valence electrons. The molecule has 0 saturated heterocycles. The van der Waals surface area contributed by atoms with Gasteiger partial charge < -0.3 is 15.3 Å². The summed E-state index contributed by atoms with van der Waals surface area (Å²) in [6.45, 7) is 2.00. The van der Waals surface area contributed by atoms with Crippen LogP contribution in [-0.2, 0) is 17.6 Å². The van der Waals surface area contributed by atoms with Gasteiger partial charge in [-0.1, -0.05) is 13.3 Å². The molecule has 0 atom stereocenters. The minimum Gasteiger partial charge on any atom is -0.493 e. The van der Waals surface area contributed by atoms with Gasteiger partial charge in [-0.15, -0.1) is 0 Å². The topological polar surface area (TPSA) is 104 Å². The summed E-state index contributed by atoms with van der Waals surface area (Å²) in [6.07, 6.45) is 1.84. The molecule has 16 heavy (non-hydrogen) atoms. The van der Waals surface area contributed by atoms with E-state index in [9.17, 15) is 15.0 Å². The van der Waals surface area contributed by atoms with Crippen LogP contribution in [0.1, 0.15) is 31.2 Å². The maximum absolute atomic E-state index is 10.5. The van der Waals surface area contributed by atoms with Gasteiger partial charge in [-0.05, 0) is 6.42 Å². The normalized spacial score (nSPS) is 10.3. The van der Waals surface area contributed by atoms with Crippen molar-refractivity contribution >= 4 is 5.97 Å². The van der Waals surface area contributed by atoms with Crippen molar-refractivity contribution in [2.75, 3.05) is 0 Å². The smallest absolute Gasteiger partial charge is 0.308 e. The Morgan fingerprint density at radius 1 is 1.25 bits per heavy atom. The van der Waals surface area contributed by atoms with Crippen molar-refractivity contribution < 1.29 is 20.1 Å². The fourth-order valence-electron chi connectivity index (χ4n) is 1.26. The number of aliphatic carboxylic acids is 1. The number of rotatable bonds is 5. The molecule has 1 heterocycles. The molecule has 0 unspecified atom stereocenters. The van der Waals surface area contributed by atoms with Gasteiger partial charge in [0.05, 0.1) is 12.0 Å². The third kappa shape index (κ3) is 3.08. The first kappa shape index (κ1) is 12.2. The van der Waals surface area contributed by atoms with Crippen molar-refractivity contribution in [3.63, 3.8) is 0 Å². The van der Waals surface area contributed by atoms with Crippen molar-refractivity contribution in [2.45, 2.75) is 32.6 Å². The van der Waals surface area contributed by atoms with E-state index in [1.807, 2.05) is 6.92 Å². The van der Waals surface area contributed by atoms with Gasteiger partial charge in [0.2, 0.25) is 11.8 Å². The lowest BCUT2D eigenvalue weighted by atomic mass is 10.2. The summed E-state index contributed by atoms with van der Waals surface area (Å²) in [7, 11) is 0. The third-order valence-corrected chi connectivity index (χ3v) is 2.09. The van der Waals surface area contributed by atoms with Gasteiger partial charge >= 0.3 is 5.97 Å². The molecule has 3 N–H and O–H groups in total. The monoisotopic (exact) mass is 226 g/mol. The number of hydrogen-bond acceptors (Lipinski definition) is 5. The van der Waals surface area contributed by atoms with Gasteiger partial charge in [-0.3, -0.25) is 4.79 Å². The van der Waals surface area contributed by atoms with Crippen molar-refractivity contribution in [1.82, 2.24) is 9.97 Å². The number of unbranched alkanes of at least 4 members (excludes halogenated alkanes) is 1. The van der Waals surface area contributed by atoms with Crippen LogP contribution in [0.2, 0.25) is 0 Å². The fourth-order valence-corrected chi connectivity index (χ4v) is 1.26. The molecule has 1 aromatic heterocycles. The van der Waals surface area contributed by atoms with Gasteiger partial charge in [0.1, 0.15) is 5.82 Å². The van der Waals surface area contributed by atoms with E-state index in [1.54, 1.807) is 0 Å². The molecule has 0 aliphatic rings. The second kappa shape index (κ2) is 5.29. The molecule has 0 aliphatic heterocycles. The number of carboxylic acids is 1. The number of nitrogens with zero attached hydrogens (tertiary/aromatic N) is 2. The first-order valence-corrected chi connectivity index (χ1v) is 5.04. The molecule has 0 amide bonds. The highest BCUT2D eigenvalue weighted by Gasteiger charge is 2.15. The lowest BCUT2D eigenvalue weighted by molar-refractivity contribution is -0.136. The first-order valence-electron chi connectivity index (χ1n) is 5.04. The molecule has 1 aromatic rings. The molecule has 0 aromatic carbocycles. The van der Waals surface area contributed by atoms with E-state index in [-0.39, 0.29) is 5.56 Å². The average molecular weight is 226 g/mol. The predicted molar refractivity (Wildman–Crippen MR) is 55.3 cm³/mol. The van der Waals surface area contributed by atoms with E-state index < -0.39 is 24.2 Å². The van der Waals surface area contributed by atoms with Crippen molar-refractivity contribution in [3.05, 3.63) is 11.4 Å². The second-order valence-corrected chi connectivity index (χ2v) is 3.44. The average Bonchev–Trinajstić information content (AvgIpc) is 2.20. The van der Waals surface area contributed by atoms with Crippen LogP contribution in [0.3, 0.4) is 0 Å². The Hall–Kier alpha value is -1.85. The maximum Gasteiger partial charge on any atom is 0.308 e. The Morgan fingerprint density at radius 2 is 1.81 bits per heavy atom. The van der Waals surface area contributed by atoms with Crippen molar-refractivity contribution in [1.29, 1.82) is 0 Å². The van der Waals surface area contributed by atoms with Crippen LogP contribution in [-0.4, -0.2) is 31.3 Å². The summed E-state index contributed by atoms with van der Waals surface area (Å²) in [4.78, 5) is 17.9. The largest absolute Gasteiger partial charge is 0.493 e. The van der Waals surface area contributed by atoms with Crippen molar-refractivity contribution in [2.24, 2.45) is 0 Å². The molecule has 0 saturated carbocycles. The zero-order valence-corrected chi connectivity index (χ0v) is 8.97. The van der Waals surface area contributed by atoms with E-state index in [0.717, 1.165) is 12.8 Å². The zero-order chi connectivity index (χ0) is 12.1. The highest BCUT2D eigenvalue weighted by molar-refractivity contribution is 5.71. The standard InChI is InChI=1S/C10H14N2O4/c1-2-3-4-7-11-9(15)6(5-8(13)14)10(16)12-7/h2-5H2,1H3,(H,13,14)(H2,11,12,15,16). The molecule has 0 bridgehead atoms. The van der Waals surface area contributed by atoms with E-state index in [4.69, 9.17) is 5.11 Å². The summed E-state index contributed by atoms with van der Waals surface area (Å²) in [5.74, 6) is -1.75. The Balaban J connectivity index is 2.93. The highest BCUT2D eigenvalue weighted by atomic mass is 16.4. The molecular weight excluding hydrogens is 212 g/mol. The highest BCUT2D eigenvalue weighted by Crippen LogP contribution is 2.23. The van der Waals surface area contributed by atoms with Gasteiger partial charge in [0, 0.05) is 6.42 Å². The van der Waals surface area contributed by atoms with Gasteiger partial charge in [-0.25, -0.2) is 0 Å². The maximum atomic E-state index is 10.5. The molecule has 0 fully saturated rings. The van der Waals surface area contributed by atoms with E-state index in [1.165, 1.54) is 0 Å². The van der Waals surface area contributed by atoms with Gasteiger partial charge in [0.15, 0.2) is 0 Å². The van der Waals surface area contributed by atoms with Gasteiger partial charge in [-0.2, -0.15) is 9.97 Å². The van der Waals surface area contributed by atoms with E-state index in [0.29, 0.717) is 12.2 Å². The Bertz CT molecular complexity index is 369. The number of aromatic nitrogens is 2. The summed E-state index contributed by atoms with van der Waals surface area (Å²) in [6, 6.07) is 0. The van der Waals surface area contributed by atoms with Crippen molar-refractivity contribution in [3.8, 4) is 11.8 Å². The van der Waals surface area contributed by atoms with E-state index in [2.05, 4.69) is 9.97 Å². The molecule has 1 rings (SSSR count). The van der Waals surface area contributed by atoms with E-state index >= 15 is 0 Å². The summed E-state index contributed by atoms with van der Waals surface area (Å²) < 4.78 is 0. The summed E-state index contributed by atoms with van der Waals surface area (Å²) in [5, 5.41) is 27.4. The SMILES string of the molecule is CCCCc1nc(O)c(CC(=O)O)c(O)n1. The van der Waals surface area contributed by atoms with Crippen LogP contribution < -0.4 is 0 Å². The summed E-state index contributed by atoms with van der Waals surface area (Å²) >= 11 is 0. The minimum atomic E-state index is -1.16. The molecular formula is C10H14N2O4. The summed E-state index contributed by atoms with van der Waals surface area (Å²) in [5.41, 5.74) is -0.146. The number of hydrogen-bond donors (Lipinski definition) is 3. The van der Waals surface area contributed by atoms with Crippen LogP contribution in [0.5, 0.6) is 11.8 Å². The Labute approximate surface area is 92.6 Å². The van der Waals surface area contributed by atoms with Crippen LogP contribution in [0.4, 0.5) is 0 Å². The quantitative estimate of drug-likeness (QED) is 0.687. The van der Waals surface area contributed by atoms with Gasteiger partial charge in [0.25, 0.3) is 0 Å².